The number of nitrogens with one attached hydrogen (secondary N) is 2. The quantitative estimate of drug-likeness (QED) is 0.0217. The molecule has 26 nitrogen and oxygen atoms in total. The molecule has 0 bridgehead atoms. The summed E-state index contributed by atoms with van der Waals surface area (Å²) in [7, 11) is 0. The van der Waals surface area contributed by atoms with Crippen molar-refractivity contribution in [1.29, 1.82) is 0 Å². The third-order valence-electron chi connectivity index (χ3n) is 14.1. The van der Waals surface area contributed by atoms with E-state index in [4.69, 9.17) is 37.9 Å². The van der Waals surface area contributed by atoms with Crippen molar-refractivity contribution >= 4 is 17.8 Å². The highest BCUT2D eigenvalue weighted by atomic mass is 16.8. The number of carboxylic acid groups (broad SMARTS) is 1. The van der Waals surface area contributed by atoms with Gasteiger partial charge in [0.05, 0.1) is 69.5 Å². The van der Waals surface area contributed by atoms with Gasteiger partial charge in [0.15, 0.2) is 18.4 Å². The Morgan fingerprint density at radius 1 is 0.737 bits per heavy atom. The van der Waals surface area contributed by atoms with Gasteiger partial charge in [-0.2, -0.15) is 0 Å². The molecule has 4 heterocycles. The van der Waals surface area contributed by atoms with Crippen molar-refractivity contribution in [2.75, 3.05) is 39.6 Å². The number of aliphatic carboxylic acids is 1. The summed E-state index contributed by atoms with van der Waals surface area (Å²) < 4.78 is 46.0. The Hall–Kier alpha value is -2.65. The number of aliphatic hydroxyl groups is 11. The average molecular weight is 1100 g/mol. The smallest absolute Gasteiger partial charge is 0.217 e. The van der Waals surface area contributed by atoms with E-state index in [1.807, 2.05) is 6.08 Å². The van der Waals surface area contributed by atoms with E-state index in [9.17, 15) is 80.8 Å². The number of ether oxygens (including phenoxy) is 8. The summed E-state index contributed by atoms with van der Waals surface area (Å²) in [6.07, 6.45) is -11.7. The van der Waals surface area contributed by atoms with Crippen molar-refractivity contribution in [3.05, 3.63) is 12.2 Å². The lowest BCUT2D eigenvalue weighted by Gasteiger charge is -2.53. The van der Waals surface area contributed by atoms with Gasteiger partial charge in [0, 0.05) is 33.1 Å². The van der Waals surface area contributed by atoms with Crippen molar-refractivity contribution < 1.29 is 119 Å². The minimum atomic E-state index is -3.21. The lowest BCUT2D eigenvalue weighted by Crippen LogP contribution is -2.72. The second-order valence-corrected chi connectivity index (χ2v) is 20.3. The van der Waals surface area contributed by atoms with E-state index in [2.05, 4.69) is 17.6 Å². The first-order chi connectivity index (χ1) is 36.2. The molecule has 2 amide bonds. The van der Waals surface area contributed by atoms with E-state index < -0.39 is 172 Å². The summed E-state index contributed by atoms with van der Waals surface area (Å²) in [5.74, 6) is -9.52. The molecule has 0 aromatic rings. The highest BCUT2D eigenvalue weighted by Crippen LogP contribution is 2.39. The molecule has 4 aliphatic heterocycles. The third-order valence-corrected chi connectivity index (χ3v) is 14.1. The summed E-state index contributed by atoms with van der Waals surface area (Å²) in [5.41, 5.74) is 0. The van der Waals surface area contributed by atoms with E-state index in [-0.39, 0.29) is 32.7 Å². The van der Waals surface area contributed by atoms with E-state index in [0.29, 0.717) is 0 Å². The van der Waals surface area contributed by atoms with Crippen molar-refractivity contribution in [2.24, 2.45) is 0 Å². The molecule has 0 aromatic heterocycles. The van der Waals surface area contributed by atoms with Gasteiger partial charge < -0.3 is 120 Å². The van der Waals surface area contributed by atoms with Crippen LogP contribution >= 0.6 is 0 Å². The fourth-order valence-electron chi connectivity index (χ4n) is 9.90. The largest absolute Gasteiger partial charge is 0.851 e. The summed E-state index contributed by atoms with van der Waals surface area (Å²) in [5, 5.41) is 150. The number of carboxylic acids is 1. The molecule has 0 saturated carbocycles. The van der Waals surface area contributed by atoms with Crippen LogP contribution in [0.2, 0.25) is 0 Å². The van der Waals surface area contributed by atoms with E-state index >= 15 is 0 Å². The molecule has 0 unspecified atom stereocenters. The molecule has 0 spiro atoms. The Morgan fingerprint density at radius 3 is 1.89 bits per heavy atom. The molecule has 4 fully saturated rings. The van der Waals surface area contributed by atoms with Gasteiger partial charge in [-0.15, -0.1) is 0 Å². The molecule has 0 aromatic carbocycles. The van der Waals surface area contributed by atoms with Crippen LogP contribution in [0.3, 0.4) is 0 Å². The Kier molecular flexibility index (Phi) is 28.2. The van der Waals surface area contributed by atoms with E-state index in [1.165, 1.54) is 57.8 Å². The number of unbranched alkanes of at least 4 members (excludes halogenated alkanes) is 11. The van der Waals surface area contributed by atoms with Crippen LogP contribution in [-0.2, 0) is 52.3 Å². The van der Waals surface area contributed by atoms with E-state index in [0.717, 1.165) is 33.1 Å². The minimum Gasteiger partial charge on any atom is -0.851 e. The molecule has 0 radical (unpaired) electrons. The number of allylic oxidation sites excluding steroid dienone is 1. The number of rotatable bonds is 33. The van der Waals surface area contributed by atoms with Crippen molar-refractivity contribution in [1.82, 2.24) is 10.6 Å². The Labute approximate surface area is 443 Å². The van der Waals surface area contributed by atoms with Crippen LogP contribution < -0.4 is 20.8 Å². The highest BCUT2D eigenvalue weighted by molar-refractivity contribution is 5.75. The van der Waals surface area contributed by atoms with E-state index in [1.54, 1.807) is 6.08 Å². The lowest BCUT2D eigenvalue weighted by molar-refractivity contribution is -0.469. The van der Waals surface area contributed by atoms with Gasteiger partial charge in [0.2, 0.25) is 17.6 Å². The van der Waals surface area contributed by atoms with Crippen LogP contribution in [0.25, 0.3) is 0 Å². The maximum Gasteiger partial charge on any atom is 0.217 e. The van der Waals surface area contributed by atoms with Gasteiger partial charge >= 0.3 is 0 Å². The van der Waals surface area contributed by atoms with Crippen molar-refractivity contribution in [3.63, 3.8) is 0 Å². The molecule has 26 heteroatoms. The van der Waals surface area contributed by atoms with Gasteiger partial charge in [-0.25, -0.2) is 0 Å². The molecule has 20 atom stereocenters. The van der Waals surface area contributed by atoms with Crippen molar-refractivity contribution in [3.8, 4) is 0 Å². The topological polar surface area (TPSA) is 418 Å². The standard InChI is InChI=1S/C50H87N2O24/c1-4-5-6-7-8-9-10-11-12-13-14-15-16-17-30(58)18-20-69-46-43(66)40(63)36(26-71-46)72-47-42(65)34(19-21-70-47)73-49(27-55)22-31(59)37(51-28(2)56)45(75-49)41(64)35(25-54)74-50(48(67)68)23-32(60)38(52-29(3)57)44(76-50)39(62)33(61)24-53/h16-17,30-47,53-54,58-66H,4-15,18-27H2,1-3H3,(H,51,56)(H,52,57)(H,67,68)/q-1/p-1/b17-16+/t30-,31+,32+,33-,34+,35-,36-,37-,38-,39-,40+,41-,42-,43-,44-,45-,46-,47+,49-,50-/m1/s1. The normalized spacial score (nSPS) is 35.3. The van der Waals surface area contributed by atoms with Crippen LogP contribution in [0, 0.1) is 0 Å². The highest BCUT2D eigenvalue weighted by Gasteiger charge is 2.57. The fraction of sp³-hybridized carbons (Fsp3) is 0.900. The first-order valence-electron chi connectivity index (χ1n) is 26.7. The lowest BCUT2D eigenvalue weighted by atomic mass is 9.87. The minimum absolute atomic E-state index is 0.0211. The number of aliphatic hydroxyl groups excluding tert-OH is 11. The van der Waals surface area contributed by atoms with Crippen molar-refractivity contribution in [2.45, 2.75) is 245 Å². The van der Waals surface area contributed by atoms with Gasteiger partial charge in [0.25, 0.3) is 0 Å². The molecule has 4 rings (SSSR count). The monoisotopic (exact) mass is 1100 g/mol. The number of hydrogen-bond acceptors (Lipinski definition) is 24. The Balaban J connectivity index is 1.35. The summed E-state index contributed by atoms with van der Waals surface area (Å²) in [6.45, 7) is -0.0561. The van der Waals surface area contributed by atoms with Crippen LogP contribution in [-0.4, -0.2) is 235 Å². The molecule has 4 aliphatic rings. The molecule has 442 valence electrons. The fourth-order valence-corrected chi connectivity index (χ4v) is 9.90. The van der Waals surface area contributed by atoms with Gasteiger partial charge in [-0.05, 0) is 19.3 Å². The van der Waals surface area contributed by atoms with Gasteiger partial charge in [0.1, 0.15) is 67.0 Å². The zero-order valence-corrected chi connectivity index (χ0v) is 43.8. The SMILES string of the molecule is CCCCCCCCCCCCC/C=C/[C@@H](O)CCO[C@@H]1OC[C@@H](O[C@@H]2OCC[C@H](O[C@]3(C[O-])C[C@H](O)[C@@H](NC(C)=O)[C@H]([C@H](O)[C@@H](CO)O[C@]4(C(=O)[O-])C[C@H](O)[C@@H](NC(C)=O)[C@H]([C@H](O)[C@H](O)CO)O4)O3)[C@H]2O)[C@H](O)[C@H]1O. The summed E-state index contributed by atoms with van der Waals surface area (Å²) in [6, 6.07) is -3.26. The molecular formula is C50H86N2O24-2. The third kappa shape index (κ3) is 19.0. The number of carbonyl (C=O) groups is 3. The van der Waals surface area contributed by atoms with Crippen LogP contribution in [0.1, 0.15) is 124 Å². The molecule has 4 saturated heterocycles. The first kappa shape index (κ1) is 65.9. The summed E-state index contributed by atoms with van der Waals surface area (Å²) >= 11 is 0. The zero-order valence-electron chi connectivity index (χ0n) is 43.8. The predicted molar refractivity (Wildman–Crippen MR) is 257 cm³/mol. The van der Waals surface area contributed by atoms with Gasteiger partial charge in [-0.1, -0.05) is 89.9 Å². The number of carbonyl (C=O) groups excluding carboxylic acids is 3. The summed E-state index contributed by atoms with van der Waals surface area (Å²) in [4.78, 5) is 37.2. The van der Waals surface area contributed by atoms with Gasteiger partial charge in [-0.3, -0.25) is 9.59 Å². The molecular weight excluding hydrogens is 1010 g/mol. The van der Waals surface area contributed by atoms with Crippen LogP contribution in [0.5, 0.6) is 0 Å². The Morgan fingerprint density at radius 2 is 1.33 bits per heavy atom. The predicted octanol–water partition coefficient (Wildman–Crippen LogP) is -4.77. The maximum absolute atomic E-state index is 13.1. The molecule has 76 heavy (non-hydrogen) atoms. The van der Waals surface area contributed by atoms with Crippen LogP contribution in [0.4, 0.5) is 0 Å². The second kappa shape index (κ2) is 32.6. The molecule has 0 aliphatic carbocycles. The number of amides is 2. The second-order valence-electron chi connectivity index (χ2n) is 20.3. The Bertz CT molecular complexity index is 1740. The average Bonchev–Trinajstić information content (AvgIpc) is 3.39. The first-order valence-corrected chi connectivity index (χ1v) is 26.7. The zero-order chi connectivity index (χ0) is 56.2. The number of hydrogen-bond donors (Lipinski definition) is 13. The van der Waals surface area contributed by atoms with Crippen LogP contribution in [0.15, 0.2) is 12.2 Å². The maximum atomic E-state index is 13.1. The molecule has 13 N–H and O–H groups in total.